The molecule has 0 aliphatic rings. The van der Waals surface area contributed by atoms with Crippen LogP contribution in [0.25, 0.3) is 0 Å². The number of aliphatic hydroxyl groups excluding tert-OH is 1. The molecular formula is C20H26N2O2. The number of nitrogens with one attached hydrogen (secondary N) is 1. The number of hydrogen-bond donors (Lipinski definition) is 2. The highest BCUT2D eigenvalue weighted by Crippen LogP contribution is 2.15. The van der Waals surface area contributed by atoms with Crippen LogP contribution in [0.4, 0.5) is 5.69 Å². The van der Waals surface area contributed by atoms with E-state index in [0.29, 0.717) is 0 Å². The Balaban J connectivity index is 2.05. The molecule has 24 heavy (non-hydrogen) atoms. The van der Waals surface area contributed by atoms with Crippen LogP contribution < -0.4 is 5.32 Å². The normalized spacial score (nSPS) is 12.2. The Hall–Kier alpha value is -2.17. The molecule has 2 aromatic carbocycles. The van der Waals surface area contributed by atoms with Gasteiger partial charge in [0.25, 0.3) is 0 Å². The standard InChI is InChI=1S/C20H26N2O2/c1-16(15-23)12-22(13-18-6-4-3-5-7-18)14-19-8-10-20(11-9-19)21-17(2)24/h3-11,16,23H,12-15H2,1-2H3,(H,21,24)/t16-/m0/s1. The lowest BCUT2D eigenvalue weighted by molar-refractivity contribution is -0.114. The van der Waals surface area contributed by atoms with Crippen LogP contribution in [0.1, 0.15) is 25.0 Å². The Bertz CT molecular complexity index is 626. The quantitative estimate of drug-likeness (QED) is 0.783. The third-order valence-electron chi connectivity index (χ3n) is 3.81. The van der Waals surface area contributed by atoms with Gasteiger partial charge in [0, 0.05) is 38.9 Å². The molecule has 0 saturated heterocycles. The van der Waals surface area contributed by atoms with Crippen molar-refractivity contribution in [3.63, 3.8) is 0 Å². The van der Waals surface area contributed by atoms with Gasteiger partial charge in [-0.1, -0.05) is 49.4 Å². The average molecular weight is 326 g/mol. The highest BCUT2D eigenvalue weighted by Gasteiger charge is 2.11. The molecule has 2 N–H and O–H groups in total. The fourth-order valence-corrected chi connectivity index (χ4v) is 2.68. The maximum atomic E-state index is 11.1. The zero-order chi connectivity index (χ0) is 17.4. The summed E-state index contributed by atoms with van der Waals surface area (Å²) in [6.45, 7) is 6.23. The predicted octanol–water partition coefficient (Wildman–Crippen LogP) is 3.28. The molecule has 0 bridgehead atoms. The zero-order valence-electron chi connectivity index (χ0n) is 14.4. The first-order valence-corrected chi connectivity index (χ1v) is 8.30. The fourth-order valence-electron chi connectivity index (χ4n) is 2.68. The molecule has 4 nitrogen and oxygen atoms in total. The Morgan fingerprint density at radius 2 is 1.62 bits per heavy atom. The second kappa shape index (κ2) is 9.21. The van der Waals surface area contributed by atoms with Crippen LogP contribution in [-0.4, -0.2) is 29.1 Å². The summed E-state index contributed by atoms with van der Waals surface area (Å²) in [5.41, 5.74) is 3.26. The number of nitrogens with zero attached hydrogens (tertiary/aromatic N) is 1. The minimum absolute atomic E-state index is 0.0646. The Kier molecular flexibility index (Phi) is 6.97. The number of hydrogen-bond acceptors (Lipinski definition) is 3. The topological polar surface area (TPSA) is 52.6 Å². The zero-order valence-corrected chi connectivity index (χ0v) is 14.4. The van der Waals surface area contributed by atoms with E-state index in [1.165, 1.54) is 18.1 Å². The largest absolute Gasteiger partial charge is 0.396 e. The minimum atomic E-state index is -0.0646. The van der Waals surface area contributed by atoms with Crippen LogP contribution in [0.5, 0.6) is 0 Å². The molecule has 0 saturated carbocycles. The number of rotatable bonds is 8. The van der Waals surface area contributed by atoms with Gasteiger partial charge in [0.05, 0.1) is 0 Å². The molecule has 0 aliphatic heterocycles. The van der Waals surface area contributed by atoms with Crippen molar-refractivity contribution in [2.24, 2.45) is 5.92 Å². The van der Waals surface area contributed by atoms with Crippen molar-refractivity contribution in [2.45, 2.75) is 26.9 Å². The molecule has 0 fully saturated rings. The van der Waals surface area contributed by atoms with Gasteiger partial charge in [0.1, 0.15) is 0 Å². The van der Waals surface area contributed by atoms with Crippen molar-refractivity contribution in [1.29, 1.82) is 0 Å². The minimum Gasteiger partial charge on any atom is -0.396 e. The summed E-state index contributed by atoms with van der Waals surface area (Å²) in [7, 11) is 0. The van der Waals surface area contributed by atoms with Crippen molar-refractivity contribution in [3.8, 4) is 0 Å². The van der Waals surface area contributed by atoms with E-state index >= 15 is 0 Å². The molecule has 0 aromatic heterocycles. The van der Waals surface area contributed by atoms with Crippen molar-refractivity contribution in [1.82, 2.24) is 4.90 Å². The first-order chi connectivity index (χ1) is 11.6. The van der Waals surface area contributed by atoms with Gasteiger partial charge in [0.2, 0.25) is 5.91 Å². The van der Waals surface area contributed by atoms with E-state index in [1.54, 1.807) is 0 Å². The molecular weight excluding hydrogens is 300 g/mol. The molecule has 4 heteroatoms. The Labute approximate surface area is 144 Å². The molecule has 2 aromatic rings. The lowest BCUT2D eigenvalue weighted by Crippen LogP contribution is -2.29. The smallest absolute Gasteiger partial charge is 0.221 e. The number of anilines is 1. The van der Waals surface area contributed by atoms with E-state index in [1.807, 2.05) is 42.5 Å². The Morgan fingerprint density at radius 3 is 2.17 bits per heavy atom. The summed E-state index contributed by atoms with van der Waals surface area (Å²) in [5, 5.41) is 12.2. The van der Waals surface area contributed by atoms with Gasteiger partial charge in [-0.2, -0.15) is 0 Å². The molecule has 2 rings (SSSR count). The summed E-state index contributed by atoms with van der Waals surface area (Å²) in [4.78, 5) is 13.4. The summed E-state index contributed by atoms with van der Waals surface area (Å²) in [6.07, 6.45) is 0. The molecule has 0 radical (unpaired) electrons. The fraction of sp³-hybridized carbons (Fsp3) is 0.350. The van der Waals surface area contributed by atoms with Crippen LogP contribution in [0.2, 0.25) is 0 Å². The molecule has 1 atom stereocenters. The van der Waals surface area contributed by atoms with Crippen molar-refractivity contribution in [3.05, 3.63) is 65.7 Å². The van der Waals surface area contributed by atoms with Gasteiger partial charge in [-0.3, -0.25) is 9.69 Å². The summed E-state index contributed by atoms with van der Waals surface area (Å²) < 4.78 is 0. The van der Waals surface area contributed by atoms with Crippen LogP contribution in [0.15, 0.2) is 54.6 Å². The third-order valence-corrected chi connectivity index (χ3v) is 3.81. The molecule has 1 amide bonds. The van der Waals surface area contributed by atoms with Gasteiger partial charge >= 0.3 is 0 Å². The number of carbonyl (C=O) groups is 1. The SMILES string of the molecule is CC(=O)Nc1ccc(CN(Cc2ccccc2)C[C@H](C)CO)cc1. The van der Waals surface area contributed by atoms with E-state index in [9.17, 15) is 9.90 Å². The maximum Gasteiger partial charge on any atom is 0.221 e. The molecule has 0 heterocycles. The van der Waals surface area contributed by atoms with Crippen molar-refractivity contribution >= 4 is 11.6 Å². The third kappa shape index (κ3) is 6.14. The molecule has 0 unspecified atom stereocenters. The van der Waals surface area contributed by atoms with E-state index in [2.05, 4.69) is 29.3 Å². The maximum absolute atomic E-state index is 11.1. The first kappa shape index (κ1) is 18.2. The van der Waals surface area contributed by atoms with Crippen molar-refractivity contribution < 1.29 is 9.90 Å². The average Bonchev–Trinajstić information content (AvgIpc) is 2.57. The Morgan fingerprint density at radius 1 is 1.04 bits per heavy atom. The van der Waals surface area contributed by atoms with Crippen LogP contribution in [0, 0.1) is 5.92 Å². The van der Waals surface area contributed by atoms with Gasteiger partial charge in [0.15, 0.2) is 0 Å². The number of aliphatic hydroxyl groups is 1. The second-order valence-electron chi connectivity index (χ2n) is 6.32. The summed E-state index contributed by atoms with van der Waals surface area (Å²) >= 11 is 0. The highest BCUT2D eigenvalue weighted by molar-refractivity contribution is 5.88. The lowest BCUT2D eigenvalue weighted by atomic mass is 10.1. The second-order valence-corrected chi connectivity index (χ2v) is 6.32. The first-order valence-electron chi connectivity index (χ1n) is 8.30. The molecule has 128 valence electrons. The number of carbonyl (C=O) groups excluding carboxylic acids is 1. The van der Waals surface area contributed by atoms with Gasteiger partial charge in [-0.05, 0) is 29.2 Å². The molecule has 0 spiro atoms. The van der Waals surface area contributed by atoms with E-state index in [0.717, 1.165) is 25.3 Å². The predicted molar refractivity (Wildman–Crippen MR) is 97.6 cm³/mol. The van der Waals surface area contributed by atoms with Gasteiger partial charge in [-0.25, -0.2) is 0 Å². The van der Waals surface area contributed by atoms with Gasteiger partial charge < -0.3 is 10.4 Å². The number of benzene rings is 2. The monoisotopic (exact) mass is 326 g/mol. The summed E-state index contributed by atoms with van der Waals surface area (Å²) in [5.74, 6) is 0.164. The van der Waals surface area contributed by atoms with Gasteiger partial charge in [-0.15, -0.1) is 0 Å². The van der Waals surface area contributed by atoms with E-state index < -0.39 is 0 Å². The van der Waals surface area contributed by atoms with Crippen LogP contribution >= 0.6 is 0 Å². The molecule has 0 aliphatic carbocycles. The number of amides is 1. The van der Waals surface area contributed by atoms with Crippen LogP contribution in [-0.2, 0) is 17.9 Å². The van der Waals surface area contributed by atoms with Crippen molar-refractivity contribution in [2.75, 3.05) is 18.5 Å². The lowest BCUT2D eigenvalue weighted by Gasteiger charge is -2.25. The summed E-state index contributed by atoms with van der Waals surface area (Å²) in [6, 6.07) is 18.3. The highest BCUT2D eigenvalue weighted by atomic mass is 16.3. The van der Waals surface area contributed by atoms with E-state index in [-0.39, 0.29) is 18.4 Å². The van der Waals surface area contributed by atoms with E-state index in [4.69, 9.17) is 0 Å². The van der Waals surface area contributed by atoms with Crippen LogP contribution in [0.3, 0.4) is 0 Å².